The molecule has 0 aliphatic heterocycles. The zero-order valence-corrected chi connectivity index (χ0v) is 9.25. The Bertz CT molecular complexity index is 448. The maximum absolute atomic E-state index is 10.6. The second-order valence-electron chi connectivity index (χ2n) is 2.41. The minimum Gasteiger partial charge on any atom is -0.476 e. The van der Waals surface area contributed by atoms with Gasteiger partial charge in [-0.2, -0.15) is 0 Å². The number of nitrogens with zero attached hydrogens (tertiary/aromatic N) is 2. The van der Waals surface area contributed by atoms with E-state index in [1.54, 1.807) is 11.3 Å². The quantitative estimate of drug-likeness (QED) is 0.855. The molecule has 0 amide bonds. The molecule has 0 aromatic carbocycles. The highest BCUT2D eigenvalue weighted by Gasteiger charge is 2.14. The van der Waals surface area contributed by atoms with Crippen molar-refractivity contribution in [2.45, 2.75) is 6.92 Å². The summed E-state index contributed by atoms with van der Waals surface area (Å²) in [6, 6.07) is 0. The summed E-state index contributed by atoms with van der Waals surface area (Å²) < 4.78 is 1.77. The van der Waals surface area contributed by atoms with Crippen molar-refractivity contribution in [1.29, 1.82) is 0 Å². The van der Waals surface area contributed by atoms with E-state index in [1.165, 1.54) is 11.3 Å². The fourth-order valence-corrected chi connectivity index (χ4v) is 1.86. The Labute approximate surface area is 88.6 Å². The van der Waals surface area contributed by atoms with Crippen LogP contribution in [-0.4, -0.2) is 20.5 Å². The van der Waals surface area contributed by atoms with E-state index in [-0.39, 0.29) is 22.7 Å². The first-order valence-electron chi connectivity index (χ1n) is 3.35. The van der Waals surface area contributed by atoms with Crippen molar-refractivity contribution in [3.63, 3.8) is 0 Å². The lowest BCUT2D eigenvalue weighted by Crippen LogP contribution is -1.99. The van der Waals surface area contributed by atoms with Crippen LogP contribution in [0.5, 0.6) is 0 Å². The van der Waals surface area contributed by atoms with Crippen LogP contribution in [0.15, 0.2) is 11.6 Å². The van der Waals surface area contributed by atoms with Gasteiger partial charge in [-0.15, -0.1) is 28.3 Å². The fourth-order valence-electron chi connectivity index (χ4n) is 1.10. The summed E-state index contributed by atoms with van der Waals surface area (Å²) >= 11 is 1.43. The van der Waals surface area contributed by atoms with Crippen molar-refractivity contribution in [2.75, 3.05) is 0 Å². The van der Waals surface area contributed by atoms with Crippen LogP contribution in [0.2, 0.25) is 0 Å². The smallest absolute Gasteiger partial charge is 0.356 e. The van der Waals surface area contributed by atoms with Gasteiger partial charge >= 0.3 is 5.97 Å². The minimum atomic E-state index is -0.969. The van der Waals surface area contributed by atoms with Gasteiger partial charge in [0, 0.05) is 11.6 Å². The number of thiazole rings is 1. The van der Waals surface area contributed by atoms with Crippen LogP contribution in [0.3, 0.4) is 0 Å². The maximum atomic E-state index is 10.6. The number of fused-ring (bicyclic) bond motifs is 1. The van der Waals surface area contributed by atoms with Gasteiger partial charge in [0.25, 0.3) is 0 Å². The van der Waals surface area contributed by atoms with Crippen LogP contribution in [-0.2, 0) is 0 Å². The van der Waals surface area contributed by atoms with Crippen LogP contribution in [0.4, 0.5) is 0 Å². The van der Waals surface area contributed by atoms with Crippen LogP contribution < -0.4 is 0 Å². The SMILES string of the molecule is Br.Cc1c(C(=O)O)nc2sccn12. The summed E-state index contributed by atoms with van der Waals surface area (Å²) in [7, 11) is 0. The molecule has 0 aliphatic carbocycles. The molecule has 6 heteroatoms. The third-order valence-corrected chi connectivity index (χ3v) is 2.46. The summed E-state index contributed by atoms with van der Waals surface area (Å²) in [6.07, 6.45) is 1.81. The summed E-state index contributed by atoms with van der Waals surface area (Å²) in [6.45, 7) is 1.75. The van der Waals surface area contributed by atoms with Crippen molar-refractivity contribution < 1.29 is 9.90 Å². The summed E-state index contributed by atoms with van der Waals surface area (Å²) in [5.41, 5.74) is 0.820. The molecular formula is C7H7BrN2O2S. The monoisotopic (exact) mass is 262 g/mol. The third kappa shape index (κ3) is 1.47. The molecule has 1 N–H and O–H groups in total. The van der Waals surface area contributed by atoms with Crippen LogP contribution >= 0.6 is 28.3 Å². The molecule has 2 heterocycles. The molecule has 13 heavy (non-hydrogen) atoms. The zero-order valence-electron chi connectivity index (χ0n) is 6.72. The maximum Gasteiger partial charge on any atom is 0.356 e. The lowest BCUT2D eigenvalue weighted by molar-refractivity contribution is 0.0690. The second-order valence-corrected chi connectivity index (χ2v) is 3.28. The van der Waals surface area contributed by atoms with E-state index >= 15 is 0 Å². The van der Waals surface area contributed by atoms with Gasteiger partial charge in [-0.25, -0.2) is 9.78 Å². The standard InChI is InChI=1S/C7H6N2O2S.BrH/c1-4-5(6(10)11)8-7-9(4)2-3-12-7;/h2-3H,1H3,(H,10,11);1H. The zero-order chi connectivity index (χ0) is 8.72. The number of aromatic nitrogens is 2. The van der Waals surface area contributed by atoms with Crippen molar-refractivity contribution in [3.05, 3.63) is 23.0 Å². The van der Waals surface area contributed by atoms with Gasteiger partial charge in [-0.3, -0.25) is 4.40 Å². The molecule has 2 rings (SSSR count). The average Bonchev–Trinajstić information content (AvgIpc) is 2.53. The van der Waals surface area contributed by atoms with Crippen molar-refractivity contribution in [1.82, 2.24) is 9.38 Å². The number of hydrogen-bond donors (Lipinski definition) is 1. The van der Waals surface area contributed by atoms with E-state index in [0.29, 0.717) is 5.69 Å². The molecule has 4 nitrogen and oxygen atoms in total. The first-order valence-corrected chi connectivity index (χ1v) is 4.23. The van der Waals surface area contributed by atoms with E-state index < -0.39 is 5.97 Å². The molecule has 0 bridgehead atoms. The lowest BCUT2D eigenvalue weighted by atomic mass is 10.3. The Morgan fingerprint density at radius 2 is 2.38 bits per heavy atom. The first kappa shape index (κ1) is 10.2. The van der Waals surface area contributed by atoms with Crippen molar-refractivity contribution >= 4 is 39.2 Å². The number of carboxylic acids is 1. The van der Waals surface area contributed by atoms with Crippen molar-refractivity contribution in [3.8, 4) is 0 Å². The highest BCUT2D eigenvalue weighted by Crippen LogP contribution is 2.15. The van der Waals surface area contributed by atoms with E-state index in [4.69, 9.17) is 5.11 Å². The highest BCUT2D eigenvalue weighted by molar-refractivity contribution is 8.93. The Kier molecular flexibility index (Phi) is 2.72. The lowest BCUT2D eigenvalue weighted by Gasteiger charge is -1.88. The number of rotatable bonds is 1. The Hall–Kier alpha value is -0.880. The van der Waals surface area contributed by atoms with Gasteiger partial charge in [-0.05, 0) is 6.92 Å². The van der Waals surface area contributed by atoms with E-state index in [2.05, 4.69) is 4.98 Å². The van der Waals surface area contributed by atoms with E-state index in [9.17, 15) is 4.79 Å². The molecule has 0 atom stereocenters. The van der Waals surface area contributed by atoms with Crippen LogP contribution in [0.1, 0.15) is 16.2 Å². The van der Waals surface area contributed by atoms with Crippen LogP contribution in [0.25, 0.3) is 4.96 Å². The topological polar surface area (TPSA) is 54.6 Å². The van der Waals surface area contributed by atoms with Gasteiger partial charge in [-0.1, -0.05) is 0 Å². The first-order chi connectivity index (χ1) is 5.70. The number of imidazole rings is 1. The predicted molar refractivity (Wildman–Crippen MR) is 55.1 cm³/mol. The molecule has 0 spiro atoms. The minimum absolute atomic E-state index is 0. The molecule has 0 fully saturated rings. The number of halogens is 1. The van der Waals surface area contributed by atoms with Crippen molar-refractivity contribution in [2.24, 2.45) is 0 Å². The predicted octanol–water partition coefficient (Wildman–Crippen LogP) is 1.98. The number of hydrogen-bond acceptors (Lipinski definition) is 3. The second kappa shape index (κ2) is 3.47. The average molecular weight is 263 g/mol. The highest BCUT2D eigenvalue weighted by atomic mass is 79.9. The molecular weight excluding hydrogens is 256 g/mol. The van der Waals surface area contributed by atoms with Crippen LogP contribution in [0, 0.1) is 6.92 Å². The number of aromatic carboxylic acids is 1. The van der Waals surface area contributed by atoms with Gasteiger partial charge in [0.15, 0.2) is 10.7 Å². The van der Waals surface area contributed by atoms with Gasteiger partial charge in [0.1, 0.15) is 0 Å². The molecule has 0 radical (unpaired) electrons. The van der Waals surface area contributed by atoms with E-state index in [0.717, 1.165) is 4.96 Å². The molecule has 0 unspecified atom stereocenters. The molecule has 70 valence electrons. The summed E-state index contributed by atoms with van der Waals surface area (Å²) in [5, 5.41) is 10.6. The largest absolute Gasteiger partial charge is 0.476 e. The molecule has 2 aromatic rings. The number of aryl methyl sites for hydroxylation is 1. The van der Waals surface area contributed by atoms with Gasteiger partial charge < -0.3 is 5.11 Å². The van der Waals surface area contributed by atoms with Gasteiger partial charge in [0.2, 0.25) is 0 Å². The third-order valence-electron chi connectivity index (χ3n) is 1.70. The summed E-state index contributed by atoms with van der Waals surface area (Å²) in [4.78, 5) is 15.3. The Balaban J connectivity index is 0.000000845. The fraction of sp³-hybridized carbons (Fsp3) is 0.143. The Morgan fingerprint density at radius 1 is 1.69 bits per heavy atom. The number of carbonyl (C=O) groups is 1. The summed E-state index contributed by atoms with van der Waals surface area (Å²) in [5.74, 6) is -0.969. The van der Waals surface area contributed by atoms with Gasteiger partial charge in [0.05, 0.1) is 5.69 Å². The normalized spacial score (nSPS) is 9.92. The molecule has 0 saturated heterocycles. The Morgan fingerprint density at radius 3 is 2.92 bits per heavy atom. The van der Waals surface area contributed by atoms with E-state index in [1.807, 2.05) is 11.6 Å². The molecule has 0 aliphatic rings. The molecule has 0 saturated carbocycles. The molecule has 2 aromatic heterocycles. The number of carboxylic acid groups (broad SMARTS) is 1.